The first-order valence-corrected chi connectivity index (χ1v) is 9.80. The molecule has 1 amide bonds. The molecule has 0 saturated carbocycles. The molecule has 0 atom stereocenters. The fourth-order valence-corrected chi connectivity index (χ4v) is 3.59. The van der Waals surface area contributed by atoms with Crippen LogP contribution in [0.5, 0.6) is 5.75 Å². The Balaban J connectivity index is 1.58. The summed E-state index contributed by atoms with van der Waals surface area (Å²) in [6, 6.07) is 7.62. The molecule has 134 valence electrons. The molecule has 5 nitrogen and oxygen atoms in total. The van der Waals surface area contributed by atoms with Gasteiger partial charge in [-0.15, -0.1) is 22.7 Å². The number of carbonyl (C=O) groups excluding carboxylic acids is 1. The van der Waals surface area contributed by atoms with Crippen LogP contribution in [-0.4, -0.2) is 15.9 Å². The molecule has 0 bridgehead atoms. The molecule has 3 aromatic rings. The van der Waals surface area contributed by atoms with Crippen molar-refractivity contribution in [1.82, 2.24) is 15.3 Å². The van der Waals surface area contributed by atoms with Gasteiger partial charge in [-0.2, -0.15) is 0 Å². The number of aryl methyl sites for hydroxylation is 2. The van der Waals surface area contributed by atoms with Gasteiger partial charge >= 0.3 is 0 Å². The fourth-order valence-electron chi connectivity index (χ4n) is 2.26. The Hall–Kier alpha value is -2.51. The summed E-state index contributed by atoms with van der Waals surface area (Å²) in [4.78, 5) is 21.6. The maximum absolute atomic E-state index is 12.0. The molecule has 7 heteroatoms. The zero-order valence-electron chi connectivity index (χ0n) is 14.6. The lowest BCUT2D eigenvalue weighted by Crippen LogP contribution is -2.19. The van der Waals surface area contributed by atoms with E-state index in [0.717, 1.165) is 31.9 Å². The normalized spacial score (nSPS) is 11.0. The number of carbonyl (C=O) groups is 1. The van der Waals surface area contributed by atoms with E-state index in [-0.39, 0.29) is 5.91 Å². The van der Waals surface area contributed by atoms with Gasteiger partial charge in [0.15, 0.2) is 0 Å². The molecule has 0 spiro atoms. The first-order valence-electron chi connectivity index (χ1n) is 8.10. The number of ether oxygens (including phenoxy) is 1. The number of hydrogen-bond donors (Lipinski definition) is 1. The van der Waals surface area contributed by atoms with E-state index in [2.05, 4.69) is 15.3 Å². The number of aromatic nitrogens is 2. The molecule has 1 N–H and O–H groups in total. The summed E-state index contributed by atoms with van der Waals surface area (Å²) in [6.07, 6.45) is 5.06. The number of rotatable bonds is 7. The summed E-state index contributed by atoms with van der Waals surface area (Å²) in [6.45, 7) is 4.80. The summed E-state index contributed by atoms with van der Waals surface area (Å²) >= 11 is 3.18. The van der Waals surface area contributed by atoms with Crippen LogP contribution in [0.3, 0.4) is 0 Å². The maximum atomic E-state index is 12.0. The lowest BCUT2D eigenvalue weighted by atomic mass is 10.2. The predicted molar refractivity (Wildman–Crippen MR) is 105 cm³/mol. The molecule has 0 aliphatic heterocycles. The second-order valence-electron chi connectivity index (χ2n) is 5.58. The molecule has 1 aromatic carbocycles. The van der Waals surface area contributed by atoms with Crippen LogP contribution in [-0.2, 0) is 17.9 Å². The number of nitrogens with one attached hydrogen (secondary N) is 1. The van der Waals surface area contributed by atoms with E-state index >= 15 is 0 Å². The summed E-state index contributed by atoms with van der Waals surface area (Å²) in [5, 5.41) is 6.86. The monoisotopic (exact) mass is 385 g/mol. The molecular formula is C19H19N3O2S2. The predicted octanol–water partition coefficient (Wildman–Crippen LogP) is 4.13. The Kier molecular flexibility index (Phi) is 6.14. The number of nitrogens with zero attached hydrogens (tertiary/aromatic N) is 2. The van der Waals surface area contributed by atoms with Crippen LogP contribution in [0.25, 0.3) is 6.08 Å². The minimum absolute atomic E-state index is 0.152. The second-order valence-corrected chi connectivity index (χ2v) is 7.96. The van der Waals surface area contributed by atoms with Crippen LogP contribution in [0.1, 0.15) is 26.1 Å². The van der Waals surface area contributed by atoms with Crippen LogP contribution < -0.4 is 10.1 Å². The fraction of sp³-hybridized carbons (Fsp3) is 0.211. The summed E-state index contributed by atoms with van der Waals surface area (Å²) in [5.74, 6) is 0.571. The quantitative estimate of drug-likeness (QED) is 0.621. The van der Waals surface area contributed by atoms with E-state index in [9.17, 15) is 4.79 Å². The van der Waals surface area contributed by atoms with Crippen molar-refractivity contribution in [2.75, 3.05) is 0 Å². The van der Waals surface area contributed by atoms with Gasteiger partial charge < -0.3 is 10.1 Å². The molecule has 0 aliphatic carbocycles. The van der Waals surface area contributed by atoms with Gasteiger partial charge in [0.2, 0.25) is 5.91 Å². The van der Waals surface area contributed by atoms with Crippen molar-refractivity contribution in [3.8, 4) is 5.75 Å². The van der Waals surface area contributed by atoms with Crippen LogP contribution in [0.15, 0.2) is 41.9 Å². The molecule has 0 unspecified atom stereocenters. The number of thiazole rings is 2. The van der Waals surface area contributed by atoms with E-state index < -0.39 is 0 Å². The van der Waals surface area contributed by atoms with Crippen molar-refractivity contribution in [3.05, 3.63) is 68.1 Å². The Labute approximate surface area is 160 Å². The minimum atomic E-state index is -0.152. The van der Waals surface area contributed by atoms with Gasteiger partial charge in [-0.1, -0.05) is 18.2 Å². The van der Waals surface area contributed by atoms with Crippen molar-refractivity contribution >= 4 is 34.7 Å². The van der Waals surface area contributed by atoms with Gasteiger partial charge in [0, 0.05) is 28.1 Å². The van der Waals surface area contributed by atoms with Crippen LogP contribution in [0, 0.1) is 13.8 Å². The molecule has 26 heavy (non-hydrogen) atoms. The highest BCUT2D eigenvalue weighted by molar-refractivity contribution is 7.11. The van der Waals surface area contributed by atoms with E-state index in [1.807, 2.05) is 43.5 Å². The summed E-state index contributed by atoms with van der Waals surface area (Å²) < 4.78 is 5.86. The lowest BCUT2D eigenvalue weighted by Gasteiger charge is -2.07. The average molecular weight is 386 g/mol. The number of hydrogen-bond acceptors (Lipinski definition) is 6. The smallest absolute Gasteiger partial charge is 0.244 e. The Morgan fingerprint density at radius 1 is 1.27 bits per heavy atom. The van der Waals surface area contributed by atoms with Gasteiger partial charge in [-0.05, 0) is 26.0 Å². The lowest BCUT2D eigenvalue weighted by molar-refractivity contribution is -0.116. The Bertz CT molecular complexity index is 915. The van der Waals surface area contributed by atoms with Crippen molar-refractivity contribution in [1.29, 1.82) is 0 Å². The maximum Gasteiger partial charge on any atom is 0.244 e. The topological polar surface area (TPSA) is 64.1 Å². The van der Waals surface area contributed by atoms with Gasteiger partial charge in [-0.3, -0.25) is 4.79 Å². The summed E-state index contributed by atoms with van der Waals surface area (Å²) in [5.41, 5.74) is 1.76. The highest BCUT2D eigenvalue weighted by atomic mass is 32.1. The molecule has 0 saturated heterocycles. The van der Waals surface area contributed by atoms with Crippen molar-refractivity contribution in [2.24, 2.45) is 0 Å². The molecule has 2 aromatic heterocycles. The van der Waals surface area contributed by atoms with Gasteiger partial charge in [0.1, 0.15) is 12.4 Å². The number of benzene rings is 1. The van der Waals surface area contributed by atoms with E-state index in [4.69, 9.17) is 4.74 Å². The molecule has 0 radical (unpaired) electrons. The van der Waals surface area contributed by atoms with Crippen LogP contribution >= 0.6 is 22.7 Å². The average Bonchev–Trinajstić information content (AvgIpc) is 3.25. The van der Waals surface area contributed by atoms with E-state index in [0.29, 0.717) is 13.2 Å². The SMILES string of the molecule is Cc1nc(COc2ccccc2C=CC(=O)NCc2cnc(C)s2)cs1. The Morgan fingerprint density at radius 2 is 2.12 bits per heavy atom. The van der Waals surface area contributed by atoms with Gasteiger partial charge in [0.25, 0.3) is 0 Å². The molecule has 0 fully saturated rings. The molecule has 3 rings (SSSR count). The largest absolute Gasteiger partial charge is 0.487 e. The van der Waals surface area contributed by atoms with Gasteiger partial charge in [-0.25, -0.2) is 9.97 Å². The third-order valence-electron chi connectivity index (χ3n) is 3.48. The molecular weight excluding hydrogens is 366 g/mol. The number of amides is 1. The first kappa shape index (κ1) is 18.3. The minimum Gasteiger partial charge on any atom is -0.487 e. The summed E-state index contributed by atoms with van der Waals surface area (Å²) in [7, 11) is 0. The first-order chi connectivity index (χ1) is 12.6. The van der Waals surface area contributed by atoms with Gasteiger partial charge in [0.05, 0.1) is 22.3 Å². The van der Waals surface area contributed by atoms with Crippen molar-refractivity contribution in [2.45, 2.75) is 27.0 Å². The van der Waals surface area contributed by atoms with Crippen molar-refractivity contribution in [3.63, 3.8) is 0 Å². The number of para-hydroxylation sites is 1. The highest BCUT2D eigenvalue weighted by Crippen LogP contribution is 2.21. The van der Waals surface area contributed by atoms with Crippen molar-refractivity contribution < 1.29 is 9.53 Å². The van der Waals surface area contributed by atoms with Crippen LogP contribution in [0.2, 0.25) is 0 Å². The van der Waals surface area contributed by atoms with Crippen LogP contribution in [0.4, 0.5) is 0 Å². The zero-order chi connectivity index (χ0) is 18.4. The standard InChI is InChI=1S/C19H19N3O2S2/c1-13-20-9-17(26-13)10-21-19(23)8-7-15-5-3-4-6-18(15)24-11-16-12-25-14(2)22-16/h3-9,12H,10-11H2,1-2H3,(H,21,23). The molecule has 2 heterocycles. The highest BCUT2D eigenvalue weighted by Gasteiger charge is 2.04. The zero-order valence-corrected chi connectivity index (χ0v) is 16.2. The molecule has 0 aliphatic rings. The third kappa shape index (κ3) is 5.24. The third-order valence-corrected chi connectivity index (χ3v) is 5.22. The second kappa shape index (κ2) is 8.73. The van der Waals surface area contributed by atoms with E-state index in [1.165, 1.54) is 6.08 Å². The van der Waals surface area contributed by atoms with E-state index in [1.54, 1.807) is 34.9 Å². The Morgan fingerprint density at radius 3 is 2.85 bits per heavy atom.